The predicted molar refractivity (Wildman–Crippen MR) is 91.6 cm³/mol. The molecule has 0 amide bonds. The predicted octanol–water partition coefficient (Wildman–Crippen LogP) is 3.64. The Morgan fingerprint density at radius 2 is 1.58 bits per heavy atom. The topological polar surface area (TPSA) is 107 Å². The second kappa shape index (κ2) is 6.83. The van der Waals surface area contributed by atoms with Crippen LogP contribution in [0.2, 0.25) is 0 Å². The first kappa shape index (κ1) is 15.6. The van der Waals surface area contributed by atoms with Gasteiger partial charge >= 0.3 is 5.71 Å². The van der Waals surface area contributed by atoms with Crippen LogP contribution in [0.4, 0.5) is 5.69 Å². The molecule has 0 fully saturated rings. The van der Waals surface area contributed by atoms with Gasteiger partial charge in [-0.05, 0) is 17.7 Å². The van der Waals surface area contributed by atoms with Crippen molar-refractivity contribution < 1.29 is 9.90 Å². The maximum Gasteiger partial charge on any atom is 0.326 e. The lowest BCUT2D eigenvalue weighted by Gasteiger charge is -2.16. The van der Waals surface area contributed by atoms with E-state index >= 15 is 0 Å². The molecular weight excluding hydrogens is 302 g/mol. The molecule has 1 aliphatic rings. The number of benzene rings is 2. The lowest BCUT2D eigenvalue weighted by atomic mass is 9.90. The third-order valence-electron chi connectivity index (χ3n) is 3.62. The fraction of sp³-hybridized carbons (Fsp3) is 0.0556. The highest BCUT2D eigenvalue weighted by molar-refractivity contribution is 6.26. The number of hydrogen-bond donors (Lipinski definition) is 2. The van der Waals surface area contributed by atoms with Gasteiger partial charge in [-0.2, -0.15) is 15.0 Å². The molecule has 1 unspecified atom stereocenters. The number of allylic oxidation sites excluding steroid dienone is 1. The Hall–Kier alpha value is -3.34. The van der Waals surface area contributed by atoms with Crippen LogP contribution in [0.3, 0.4) is 0 Å². The van der Waals surface area contributed by atoms with E-state index in [4.69, 9.17) is 5.73 Å². The maximum absolute atomic E-state index is 10.4. The molecule has 0 heterocycles. The Morgan fingerprint density at radius 1 is 0.958 bits per heavy atom. The van der Waals surface area contributed by atoms with Crippen LogP contribution in [-0.4, -0.2) is 21.6 Å². The molecule has 0 bridgehead atoms. The lowest BCUT2D eigenvalue weighted by Crippen LogP contribution is -2.36. The van der Waals surface area contributed by atoms with Crippen LogP contribution in [-0.2, 0) is 0 Å². The van der Waals surface area contributed by atoms with Crippen LogP contribution in [0.25, 0.3) is 11.1 Å². The summed E-state index contributed by atoms with van der Waals surface area (Å²) in [5.41, 5.74) is 17.7. The molecule has 0 saturated carbocycles. The molecule has 3 N–H and O–H groups in total. The summed E-state index contributed by atoms with van der Waals surface area (Å²) >= 11 is 0. The number of aliphatic hydroxyl groups excluding tert-OH is 1. The molecular formula is C18H15N5O. The van der Waals surface area contributed by atoms with Crippen molar-refractivity contribution >= 4 is 17.0 Å². The average molecular weight is 317 g/mol. The molecule has 3 rings (SSSR count). The van der Waals surface area contributed by atoms with Gasteiger partial charge in [0.1, 0.15) is 11.3 Å². The highest BCUT2D eigenvalue weighted by Crippen LogP contribution is 2.28. The summed E-state index contributed by atoms with van der Waals surface area (Å²) in [5.74, 6) is -0.0716. The third kappa shape index (κ3) is 3.05. The van der Waals surface area contributed by atoms with Gasteiger partial charge in [-0.1, -0.05) is 48.5 Å². The van der Waals surface area contributed by atoms with Gasteiger partial charge in [0.2, 0.25) is 0 Å². The summed E-state index contributed by atoms with van der Waals surface area (Å²) in [4.78, 5) is 3.27. The van der Waals surface area contributed by atoms with E-state index in [1.54, 1.807) is 24.3 Å². The average Bonchev–Trinajstić information content (AvgIpc) is 2.63. The van der Waals surface area contributed by atoms with Gasteiger partial charge in [0.15, 0.2) is 6.04 Å². The Morgan fingerprint density at radius 3 is 2.21 bits per heavy atom. The van der Waals surface area contributed by atoms with Crippen molar-refractivity contribution in [3.8, 4) is 0 Å². The summed E-state index contributed by atoms with van der Waals surface area (Å²) in [6, 6.07) is 17.5. The van der Waals surface area contributed by atoms with Gasteiger partial charge in [0.25, 0.3) is 0 Å². The first-order valence-electron chi connectivity index (χ1n) is 7.35. The van der Waals surface area contributed by atoms with Gasteiger partial charge in [-0.3, -0.25) is 0 Å². The number of aliphatic hydroxyl groups is 1. The highest BCUT2D eigenvalue weighted by Gasteiger charge is 2.35. The monoisotopic (exact) mass is 317 g/mol. The zero-order valence-electron chi connectivity index (χ0n) is 12.7. The van der Waals surface area contributed by atoms with E-state index < -0.39 is 6.04 Å². The van der Waals surface area contributed by atoms with Crippen LogP contribution in [0, 0.1) is 0 Å². The van der Waals surface area contributed by atoms with E-state index in [0.717, 1.165) is 0 Å². The number of nitrogens with zero attached hydrogens (tertiary/aromatic N) is 4. The highest BCUT2D eigenvalue weighted by atomic mass is 16.3. The maximum atomic E-state index is 10.4. The van der Waals surface area contributed by atoms with Crippen LogP contribution in [0.1, 0.15) is 5.56 Å². The summed E-state index contributed by atoms with van der Waals surface area (Å²) in [7, 11) is 0. The molecule has 24 heavy (non-hydrogen) atoms. The minimum Gasteiger partial charge on any atom is -0.507 e. The lowest BCUT2D eigenvalue weighted by molar-refractivity contribution is -0.00625. The normalized spacial score (nSPS) is 17.8. The second-order valence-corrected chi connectivity index (χ2v) is 5.19. The second-order valence-electron chi connectivity index (χ2n) is 5.19. The van der Waals surface area contributed by atoms with E-state index in [1.807, 2.05) is 36.4 Å². The van der Waals surface area contributed by atoms with Crippen molar-refractivity contribution in [1.29, 1.82) is 0 Å². The van der Waals surface area contributed by atoms with Crippen molar-refractivity contribution in [3.63, 3.8) is 0 Å². The number of rotatable bonds is 3. The van der Waals surface area contributed by atoms with Crippen LogP contribution in [0.15, 0.2) is 88.4 Å². The molecule has 0 aromatic heterocycles. The zero-order chi connectivity index (χ0) is 16.9. The van der Waals surface area contributed by atoms with Gasteiger partial charge in [0.05, 0.1) is 11.4 Å². The summed E-state index contributed by atoms with van der Waals surface area (Å²) in [5, 5.41) is 18.5. The van der Waals surface area contributed by atoms with Crippen LogP contribution in [0.5, 0.6) is 0 Å². The van der Waals surface area contributed by atoms with E-state index in [0.29, 0.717) is 22.5 Å². The quantitative estimate of drug-likeness (QED) is 0.666. The fourth-order valence-electron chi connectivity index (χ4n) is 2.44. The van der Waals surface area contributed by atoms with Gasteiger partial charge in [-0.25, -0.2) is 0 Å². The van der Waals surface area contributed by atoms with Gasteiger partial charge < -0.3 is 16.4 Å². The Kier molecular flexibility index (Phi) is 4.43. The molecule has 0 aliphatic heterocycles. The van der Waals surface area contributed by atoms with Gasteiger partial charge in [-0.15, -0.1) is 0 Å². The third-order valence-corrected chi connectivity index (χ3v) is 3.62. The van der Waals surface area contributed by atoms with Gasteiger partial charge in [0, 0.05) is 6.08 Å². The Bertz CT molecular complexity index is 878. The van der Waals surface area contributed by atoms with E-state index in [2.05, 4.69) is 15.0 Å². The van der Waals surface area contributed by atoms with E-state index in [1.165, 1.54) is 6.08 Å². The molecule has 0 radical (unpaired) electrons. The number of nitrogens with two attached hydrogens (primary N) is 1. The summed E-state index contributed by atoms with van der Waals surface area (Å²) in [6.07, 6.45) is 1.44. The molecule has 2 aromatic carbocycles. The number of azo groups is 1. The molecule has 1 aliphatic carbocycles. The van der Waals surface area contributed by atoms with Crippen molar-refractivity contribution in [3.05, 3.63) is 89.3 Å². The molecule has 0 saturated heterocycles. The minimum atomic E-state index is -0.798. The Labute approximate surface area is 138 Å². The standard InChI is InChI=1S/C18H15N5O/c19-17-14(23-22-13-9-5-2-6-10-13)11-15(24)16(18(17)21-20)12-7-3-1-4-8-12/h1-11,17,24H,19H2. The fourth-order valence-corrected chi connectivity index (χ4v) is 2.44. The van der Waals surface area contributed by atoms with Crippen molar-refractivity contribution in [2.24, 2.45) is 16.0 Å². The Balaban J connectivity index is 2.03. The van der Waals surface area contributed by atoms with Crippen molar-refractivity contribution in [2.75, 3.05) is 0 Å². The zero-order valence-corrected chi connectivity index (χ0v) is 12.7. The largest absolute Gasteiger partial charge is 0.507 e. The van der Waals surface area contributed by atoms with Crippen molar-refractivity contribution in [2.45, 2.75) is 6.04 Å². The van der Waals surface area contributed by atoms with Crippen LogP contribution >= 0.6 is 0 Å². The smallest absolute Gasteiger partial charge is 0.326 e. The first-order valence-corrected chi connectivity index (χ1v) is 7.35. The molecule has 118 valence electrons. The molecule has 0 spiro atoms. The van der Waals surface area contributed by atoms with Crippen LogP contribution < -0.4 is 5.73 Å². The SMILES string of the molecule is [N-]=[N+]=C1C(c2ccccc2)=C(O)C=C(N=Nc2ccccc2)C1N. The minimum absolute atomic E-state index is 0.0716. The molecule has 2 aromatic rings. The number of hydrogen-bond acceptors (Lipinski definition) is 4. The molecule has 6 nitrogen and oxygen atoms in total. The first-order chi connectivity index (χ1) is 11.7. The van der Waals surface area contributed by atoms with E-state index in [9.17, 15) is 10.6 Å². The summed E-state index contributed by atoms with van der Waals surface area (Å²) in [6.45, 7) is 0. The molecule has 1 atom stereocenters. The van der Waals surface area contributed by atoms with E-state index in [-0.39, 0.29) is 11.5 Å². The molecule has 6 heteroatoms. The van der Waals surface area contributed by atoms with Crippen molar-refractivity contribution in [1.82, 2.24) is 0 Å². The summed E-state index contributed by atoms with van der Waals surface area (Å²) < 4.78 is 0.